The van der Waals surface area contributed by atoms with Crippen LogP contribution in [0.5, 0.6) is 5.75 Å². The number of rotatable bonds is 5. The summed E-state index contributed by atoms with van der Waals surface area (Å²) in [4.78, 5) is 26.2. The lowest BCUT2D eigenvalue weighted by atomic mass is 10.1. The van der Waals surface area contributed by atoms with Crippen molar-refractivity contribution in [2.24, 2.45) is 0 Å². The molecule has 1 heterocycles. The van der Waals surface area contributed by atoms with Crippen LogP contribution in [-0.2, 0) is 11.2 Å². The molecule has 0 amide bonds. The number of aromatic amines is 1. The molecule has 0 fully saturated rings. The van der Waals surface area contributed by atoms with Crippen LogP contribution in [0.3, 0.4) is 0 Å². The molecule has 110 valence electrons. The van der Waals surface area contributed by atoms with Crippen molar-refractivity contribution >= 4 is 23.4 Å². The Morgan fingerprint density at radius 3 is 2.43 bits per heavy atom. The molecule has 2 rings (SSSR count). The second kappa shape index (κ2) is 6.01. The standard InChI is InChI=1S/C15H14ClNO4/c1-8-11(7-12(18)19)17-13(15(8)21-2)14(20)9-3-5-10(16)6-4-9/h3-6,17H,7H2,1-2H3,(H,18,19). The van der Waals surface area contributed by atoms with Gasteiger partial charge >= 0.3 is 5.97 Å². The Morgan fingerprint density at radius 2 is 1.90 bits per heavy atom. The van der Waals surface area contributed by atoms with Gasteiger partial charge in [0.25, 0.3) is 0 Å². The van der Waals surface area contributed by atoms with Crippen LogP contribution < -0.4 is 4.74 Å². The molecule has 0 aliphatic heterocycles. The maximum Gasteiger partial charge on any atom is 0.309 e. The number of hydrogen-bond donors (Lipinski definition) is 2. The fourth-order valence-electron chi connectivity index (χ4n) is 2.11. The minimum Gasteiger partial charge on any atom is -0.494 e. The van der Waals surface area contributed by atoms with Gasteiger partial charge in [-0.05, 0) is 31.2 Å². The Morgan fingerprint density at radius 1 is 1.29 bits per heavy atom. The zero-order valence-electron chi connectivity index (χ0n) is 11.6. The molecule has 0 radical (unpaired) electrons. The summed E-state index contributed by atoms with van der Waals surface area (Å²) in [6, 6.07) is 6.46. The number of nitrogens with one attached hydrogen (secondary N) is 1. The number of halogens is 1. The summed E-state index contributed by atoms with van der Waals surface area (Å²) in [5.41, 5.74) is 1.77. The first-order chi connectivity index (χ1) is 9.93. The molecular formula is C15H14ClNO4. The summed E-state index contributed by atoms with van der Waals surface area (Å²) in [6.45, 7) is 1.71. The summed E-state index contributed by atoms with van der Waals surface area (Å²) in [7, 11) is 1.44. The van der Waals surface area contributed by atoms with E-state index in [9.17, 15) is 9.59 Å². The summed E-state index contributed by atoms with van der Waals surface area (Å²) >= 11 is 5.80. The van der Waals surface area contributed by atoms with Gasteiger partial charge in [-0.3, -0.25) is 9.59 Å². The Bertz CT molecular complexity index is 688. The van der Waals surface area contributed by atoms with Crippen LogP contribution in [0.4, 0.5) is 0 Å². The topological polar surface area (TPSA) is 79.4 Å². The number of aromatic nitrogens is 1. The fourth-order valence-corrected chi connectivity index (χ4v) is 2.24. The molecule has 5 nitrogen and oxygen atoms in total. The predicted octanol–water partition coefficient (Wildman–Crippen LogP) is 2.84. The molecule has 1 aromatic heterocycles. The number of H-pyrrole nitrogens is 1. The largest absolute Gasteiger partial charge is 0.494 e. The van der Waals surface area contributed by atoms with Gasteiger partial charge in [-0.25, -0.2) is 0 Å². The summed E-state index contributed by atoms with van der Waals surface area (Å²) in [5, 5.41) is 9.42. The van der Waals surface area contributed by atoms with E-state index >= 15 is 0 Å². The van der Waals surface area contributed by atoms with E-state index in [4.69, 9.17) is 21.4 Å². The van der Waals surface area contributed by atoms with Crippen molar-refractivity contribution in [1.82, 2.24) is 4.98 Å². The summed E-state index contributed by atoms with van der Waals surface area (Å²) in [6.07, 6.45) is -0.198. The normalized spacial score (nSPS) is 10.4. The van der Waals surface area contributed by atoms with Gasteiger partial charge < -0.3 is 14.8 Å². The fraction of sp³-hybridized carbons (Fsp3) is 0.200. The van der Waals surface area contributed by atoms with E-state index in [-0.39, 0.29) is 17.9 Å². The maximum atomic E-state index is 12.5. The molecule has 0 aliphatic rings. The molecule has 0 spiro atoms. The van der Waals surface area contributed by atoms with Crippen molar-refractivity contribution in [3.63, 3.8) is 0 Å². The number of carboxylic acid groups (broad SMARTS) is 1. The van der Waals surface area contributed by atoms with Gasteiger partial charge in [0.15, 0.2) is 5.75 Å². The molecule has 6 heteroatoms. The maximum absolute atomic E-state index is 12.5. The Hall–Kier alpha value is -2.27. The molecule has 21 heavy (non-hydrogen) atoms. The van der Waals surface area contributed by atoms with Crippen LogP contribution in [0.25, 0.3) is 0 Å². The van der Waals surface area contributed by atoms with Crippen LogP contribution in [-0.4, -0.2) is 29.0 Å². The average Bonchev–Trinajstić information content (AvgIpc) is 2.75. The molecule has 0 saturated heterocycles. The Labute approximate surface area is 126 Å². The van der Waals surface area contributed by atoms with E-state index in [2.05, 4.69) is 4.98 Å². The van der Waals surface area contributed by atoms with E-state index in [0.717, 1.165) is 0 Å². The van der Waals surface area contributed by atoms with Gasteiger partial charge in [0.1, 0.15) is 5.69 Å². The lowest BCUT2D eigenvalue weighted by Gasteiger charge is -2.03. The number of carboxylic acids is 1. The van der Waals surface area contributed by atoms with E-state index in [0.29, 0.717) is 27.6 Å². The van der Waals surface area contributed by atoms with Crippen LogP contribution >= 0.6 is 11.6 Å². The minimum atomic E-state index is -0.979. The van der Waals surface area contributed by atoms with Crippen molar-refractivity contribution in [3.05, 3.63) is 51.8 Å². The number of methoxy groups -OCH3 is 1. The number of ketones is 1. The molecule has 0 atom stereocenters. The minimum absolute atomic E-state index is 0.198. The van der Waals surface area contributed by atoms with E-state index < -0.39 is 5.97 Å². The lowest BCUT2D eigenvalue weighted by Crippen LogP contribution is -2.05. The molecular weight excluding hydrogens is 294 g/mol. The van der Waals surface area contributed by atoms with Gasteiger partial charge in [0.2, 0.25) is 5.78 Å². The second-order valence-electron chi connectivity index (χ2n) is 4.54. The highest BCUT2D eigenvalue weighted by atomic mass is 35.5. The zero-order valence-corrected chi connectivity index (χ0v) is 12.3. The molecule has 0 bridgehead atoms. The third-order valence-corrected chi connectivity index (χ3v) is 3.41. The van der Waals surface area contributed by atoms with Gasteiger partial charge in [0.05, 0.1) is 13.5 Å². The third kappa shape index (κ3) is 3.08. The first-order valence-electron chi connectivity index (χ1n) is 6.21. The Balaban J connectivity index is 2.45. The number of carbonyl (C=O) groups is 2. The molecule has 2 N–H and O–H groups in total. The number of aliphatic carboxylic acids is 1. The monoisotopic (exact) mass is 307 g/mol. The van der Waals surface area contributed by atoms with Crippen molar-refractivity contribution < 1.29 is 19.4 Å². The molecule has 0 unspecified atom stereocenters. The average molecular weight is 308 g/mol. The highest BCUT2D eigenvalue weighted by Crippen LogP contribution is 2.29. The van der Waals surface area contributed by atoms with Gasteiger partial charge in [0, 0.05) is 21.8 Å². The second-order valence-corrected chi connectivity index (χ2v) is 4.98. The number of ether oxygens (including phenoxy) is 1. The number of benzene rings is 1. The Kier molecular flexibility index (Phi) is 4.33. The van der Waals surface area contributed by atoms with E-state index in [1.165, 1.54) is 7.11 Å². The van der Waals surface area contributed by atoms with Gasteiger partial charge in [-0.2, -0.15) is 0 Å². The highest BCUT2D eigenvalue weighted by molar-refractivity contribution is 6.30. The lowest BCUT2D eigenvalue weighted by molar-refractivity contribution is -0.136. The van der Waals surface area contributed by atoms with Crippen LogP contribution in [0.2, 0.25) is 5.02 Å². The highest BCUT2D eigenvalue weighted by Gasteiger charge is 2.22. The predicted molar refractivity (Wildman–Crippen MR) is 78.3 cm³/mol. The molecule has 0 saturated carbocycles. The number of carbonyl (C=O) groups excluding carboxylic acids is 1. The molecule has 1 aromatic carbocycles. The molecule has 0 aliphatic carbocycles. The quantitative estimate of drug-likeness (QED) is 0.832. The van der Waals surface area contributed by atoms with E-state index in [1.807, 2.05) is 0 Å². The zero-order chi connectivity index (χ0) is 15.6. The van der Waals surface area contributed by atoms with Gasteiger partial charge in [-0.1, -0.05) is 11.6 Å². The SMILES string of the molecule is COc1c(C(=O)c2ccc(Cl)cc2)[nH]c(CC(=O)O)c1C. The first-order valence-corrected chi connectivity index (χ1v) is 6.59. The van der Waals surface area contributed by atoms with Crippen molar-refractivity contribution in [1.29, 1.82) is 0 Å². The van der Waals surface area contributed by atoms with E-state index in [1.54, 1.807) is 31.2 Å². The summed E-state index contributed by atoms with van der Waals surface area (Å²) in [5.74, 6) is -0.887. The summed E-state index contributed by atoms with van der Waals surface area (Å²) < 4.78 is 5.23. The smallest absolute Gasteiger partial charge is 0.309 e. The van der Waals surface area contributed by atoms with Crippen LogP contribution in [0.1, 0.15) is 27.3 Å². The van der Waals surface area contributed by atoms with Crippen LogP contribution in [0, 0.1) is 6.92 Å². The third-order valence-electron chi connectivity index (χ3n) is 3.16. The van der Waals surface area contributed by atoms with Crippen molar-refractivity contribution in [2.45, 2.75) is 13.3 Å². The first kappa shape index (κ1) is 15.1. The van der Waals surface area contributed by atoms with Gasteiger partial charge in [-0.15, -0.1) is 0 Å². The van der Waals surface area contributed by atoms with Crippen LogP contribution in [0.15, 0.2) is 24.3 Å². The van der Waals surface area contributed by atoms with Crippen molar-refractivity contribution in [2.75, 3.05) is 7.11 Å². The number of hydrogen-bond acceptors (Lipinski definition) is 3. The van der Waals surface area contributed by atoms with Crippen molar-refractivity contribution in [3.8, 4) is 5.75 Å². The molecule has 2 aromatic rings.